The molecule has 1 aromatic rings. The van der Waals surface area contributed by atoms with Crippen LogP contribution in [0, 0.1) is 11.3 Å². The quantitative estimate of drug-likeness (QED) is 0.720. The second kappa shape index (κ2) is 11.0. The van der Waals surface area contributed by atoms with Crippen molar-refractivity contribution >= 4 is 11.9 Å². The van der Waals surface area contributed by atoms with Gasteiger partial charge < -0.3 is 19.5 Å². The molecule has 11 heteroatoms. The lowest BCUT2D eigenvalue weighted by Crippen LogP contribution is -2.45. The average Bonchev–Trinajstić information content (AvgIpc) is 3.08. The summed E-state index contributed by atoms with van der Waals surface area (Å²) >= 11 is 0. The fourth-order valence-electron chi connectivity index (χ4n) is 4.40. The van der Waals surface area contributed by atoms with Gasteiger partial charge in [0.2, 0.25) is 11.8 Å². The molecule has 0 radical (unpaired) electrons. The summed E-state index contributed by atoms with van der Waals surface area (Å²) in [6, 6.07) is 4.04. The minimum absolute atomic E-state index is 0.181. The molecule has 1 amide bonds. The number of aliphatic carboxylic acids is 1. The van der Waals surface area contributed by atoms with Crippen LogP contribution in [0.15, 0.2) is 18.3 Å². The summed E-state index contributed by atoms with van der Waals surface area (Å²) in [6.07, 6.45) is -1.11. The first kappa shape index (κ1) is 25.9. The molecular formula is C21H30F3N3O5. The number of hydrogen-bond donors (Lipinski definition) is 1. The lowest BCUT2D eigenvalue weighted by atomic mass is 9.71. The number of amides is 1. The highest BCUT2D eigenvalue weighted by Gasteiger charge is 2.48. The van der Waals surface area contributed by atoms with Crippen LogP contribution in [0.5, 0.6) is 5.88 Å². The van der Waals surface area contributed by atoms with Gasteiger partial charge in [0, 0.05) is 51.3 Å². The fourth-order valence-corrected chi connectivity index (χ4v) is 4.40. The molecule has 1 unspecified atom stereocenters. The Balaban J connectivity index is 0.000000451. The topological polar surface area (TPSA) is 92.2 Å². The maximum Gasteiger partial charge on any atom is 0.490 e. The van der Waals surface area contributed by atoms with E-state index in [-0.39, 0.29) is 11.3 Å². The second-order valence-electron chi connectivity index (χ2n) is 8.17. The van der Waals surface area contributed by atoms with E-state index < -0.39 is 12.1 Å². The lowest BCUT2D eigenvalue weighted by Gasteiger charge is -2.42. The number of ether oxygens (including phenoxy) is 2. The van der Waals surface area contributed by atoms with Crippen LogP contribution in [0.3, 0.4) is 0 Å². The van der Waals surface area contributed by atoms with Gasteiger partial charge in [0.15, 0.2) is 0 Å². The Bertz CT molecular complexity index is 782. The molecule has 1 aromatic heterocycles. The third kappa shape index (κ3) is 6.55. The minimum Gasteiger partial charge on any atom is -0.481 e. The summed E-state index contributed by atoms with van der Waals surface area (Å²) in [5.74, 6) is -1.42. The third-order valence-corrected chi connectivity index (χ3v) is 6.16. The number of hydrogen-bond acceptors (Lipinski definition) is 6. The zero-order chi connectivity index (χ0) is 23.9. The number of pyridine rings is 1. The number of carbonyl (C=O) groups excluding carboxylic acids is 1. The summed E-state index contributed by atoms with van der Waals surface area (Å²) in [6.45, 7) is 7.04. The van der Waals surface area contributed by atoms with Crippen molar-refractivity contribution in [2.75, 3.05) is 47.0 Å². The van der Waals surface area contributed by atoms with Crippen molar-refractivity contribution < 1.29 is 37.3 Å². The maximum atomic E-state index is 11.9. The molecule has 8 nitrogen and oxygen atoms in total. The predicted octanol–water partition coefficient (Wildman–Crippen LogP) is 2.43. The van der Waals surface area contributed by atoms with E-state index in [2.05, 4.69) is 16.0 Å². The highest BCUT2D eigenvalue weighted by molar-refractivity contribution is 5.73. The van der Waals surface area contributed by atoms with Gasteiger partial charge in [-0.2, -0.15) is 13.2 Å². The first-order valence-electron chi connectivity index (χ1n) is 10.3. The van der Waals surface area contributed by atoms with Crippen molar-refractivity contribution in [1.82, 2.24) is 14.8 Å². The molecule has 2 aliphatic rings. The first-order valence-corrected chi connectivity index (χ1v) is 10.3. The van der Waals surface area contributed by atoms with Gasteiger partial charge in [0.25, 0.3) is 0 Å². The van der Waals surface area contributed by atoms with Gasteiger partial charge in [-0.1, -0.05) is 6.07 Å². The summed E-state index contributed by atoms with van der Waals surface area (Å²) in [5.41, 5.74) is 1.34. The molecule has 2 saturated heterocycles. The number of carbonyl (C=O) groups is 2. The number of piperidine rings is 1. The molecule has 0 saturated carbocycles. The first-order chi connectivity index (χ1) is 15.0. The summed E-state index contributed by atoms with van der Waals surface area (Å²) in [4.78, 5) is 29.5. The Morgan fingerprint density at radius 3 is 2.41 bits per heavy atom. The van der Waals surface area contributed by atoms with Gasteiger partial charge in [-0.15, -0.1) is 0 Å². The van der Waals surface area contributed by atoms with Gasteiger partial charge in [0.05, 0.1) is 13.7 Å². The van der Waals surface area contributed by atoms with Crippen LogP contribution < -0.4 is 4.74 Å². The molecule has 1 spiro atoms. The van der Waals surface area contributed by atoms with E-state index >= 15 is 0 Å². The largest absolute Gasteiger partial charge is 0.490 e. The van der Waals surface area contributed by atoms with E-state index in [1.807, 2.05) is 11.0 Å². The van der Waals surface area contributed by atoms with Crippen molar-refractivity contribution in [2.45, 2.75) is 32.5 Å². The molecule has 2 fully saturated rings. The number of methoxy groups -OCH3 is 2. The summed E-state index contributed by atoms with van der Waals surface area (Å²) in [5, 5.41) is 7.12. The van der Waals surface area contributed by atoms with Gasteiger partial charge >= 0.3 is 12.1 Å². The number of rotatable bonds is 5. The number of aromatic nitrogens is 1. The van der Waals surface area contributed by atoms with Crippen LogP contribution >= 0.6 is 0 Å². The van der Waals surface area contributed by atoms with E-state index in [0.29, 0.717) is 11.8 Å². The smallest absolute Gasteiger partial charge is 0.481 e. The van der Waals surface area contributed by atoms with Crippen LogP contribution in [0.25, 0.3) is 0 Å². The van der Waals surface area contributed by atoms with E-state index in [9.17, 15) is 18.0 Å². The standard InChI is InChI=1S/C19H29N3O3.C2HF3O2/c1-15(23)22-12-17(13-24-2)19(14-22)6-9-21(10-7-19)11-16-5-4-8-20-18(16)25-3;3-2(4,5)1(6)7/h4-5,8,17H,6-7,9-14H2,1-3H3;(H,6,7). The molecule has 0 aliphatic carbocycles. The number of alkyl halides is 3. The zero-order valence-electron chi connectivity index (χ0n) is 18.5. The van der Waals surface area contributed by atoms with Crippen molar-refractivity contribution in [3.63, 3.8) is 0 Å². The lowest BCUT2D eigenvalue weighted by molar-refractivity contribution is -0.192. The van der Waals surface area contributed by atoms with Crippen molar-refractivity contribution in [2.24, 2.45) is 11.3 Å². The molecule has 32 heavy (non-hydrogen) atoms. The molecule has 0 aromatic carbocycles. The second-order valence-corrected chi connectivity index (χ2v) is 8.17. The normalized spacial score (nSPS) is 20.6. The molecule has 1 N–H and O–H groups in total. The van der Waals surface area contributed by atoms with Crippen molar-refractivity contribution in [3.05, 3.63) is 23.9 Å². The SMILES string of the molecule is COCC1CN(C(C)=O)CC12CCN(Cc1cccnc1OC)CC2.O=C(O)C(F)(F)F. The molecule has 0 bridgehead atoms. The summed E-state index contributed by atoms with van der Waals surface area (Å²) < 4.78 is 42.6. The van der Waals surface area contributed by atoms with Gasteiger partial charge in [-0.05, 0) is 37.4 Å². The van der Waals surface area contributed by atoms with E-state index in [1.165, 1.54) is 0 Å². The van der Waals surface area contributed by atoms with Crippen LogP contribution in [0.2, 0.25) is 0 Å². The van der Waals surface area contributed by atoms with Gasteiger partial charge in [-0.25, -0.2) is 9.78 Å². The van der Waals surface area contributed by atoms with Crippen LogP contribution in [0.4, 0.5) is 13.2 Å². The average molecular weight is 461 g/mol. The Labute approximate surface area is 185 Å². The fraction of sp³-hybridized carbons (Fsp3) is 0.667. The van der Waals surface area contributed by atoms with E-state index in [1.54, 1.807) is 27.3 Å². The van der Waals surface area contributed by atoms with Crippen LogP contribution in [-0.4, -0.2) is 84.9 Å². The Kier molecular flexibility index (Phi) is 8.85. The number of halogens is 3. The molecule has 1 atom stereocenters. The molecule has 3 rings (SSSR count). The van der Waals surface area contributed by atoms with Crippen LogP contribution in [0.1, 0.15) is 25.3 Å². The molecule has 180 valence electrons. The number of carboxylic acids is 1. The third-order valence-electron chi connectivity index (χ3n) is 6.16. The predicted molar refractivity (Wildman–Crippen MR) is 109 cm³/mol. The van der Waals surface area contributed by atoms with Gasteiger partial charge in [0.1, 0.15) is 0 Å². The number of nitrogens with zero attached hydrogens (tertiary/aromatic N) is 3. The molecule has 3 heterocycles. The van der Waals surface area contributed by atoms with Crippen molar-refractivity contribution in [3.8, 4) is 5.88 Å². The van der Waals surface area contributed by atoms with E-state index in [4.69, 9.17) is 19.4 Å². The highest BCUT2D eigenvalue weighted by atomic mass is 19.4. The molecular weight excluding hydrogens is 431 g/mol. The number of likely N-dealkylation sites (tertiary alicyclic amines) is 2. The van der Waals surface area contributed by atoms with Gasteiger partial charge in [-0.3, -0.25) is 9.69 Å². The Hall–Kier alpha value is -2.40. The molecule has 2 aliphatic heterocycles. The number of carboxylic acid groups (broad SMARTS) is 1. The minimum atomic E-state index is -5.08. The Morgan fingerprint density at radius 2 is 1.91 bits per heavy atom. The highest BCUT2D eigenvalue weighted by Crippen LogP contribution is 2.45. The zero-order valence-corrected chi connectivity index (χ0v) is 18.5. The van der Waals surface area contributed by atoms with Crippen molar-refractivity contribution in [1.29, 1.82) is 0 Å². The van der Waals surface area contributed by atoms with E-state index in [0.717, 1.165) is 57.7 Å². The monoisotopic (exact) mass is 461 g/mol. The maximum absolute atomic E-state index is 11.9. The summed E-state index contributed by atoms with van der Waals surface area (Å²) in [7, 11) is 3.43. The van der Waals surface area contributed by atoms with Crippen LogP contribution in [-0.2, 0) is 20.9 Å². The Morgan fingerprint density at radius 1 is 1.28 bits per heavy atom.